The molecule has 1 aromatic rings. The van der Waals surface area contributed by atoms with E-state index in [0.717, 1.165) is 6.54 Å². The van der Waals surface area contributed by atoms with Crippen LogP contribution in [0.1, 0.15) is 25.5 Å². The van der Waals surface area contributed by atoms with Crippen LogP contribution < -0.4 is 5.73 Å². The van der Waals surface area contributed by atoms with Gasteiger partial charge >= 0.3 is 0 Å². The maximum Gasteiger partial charge on any atom is 0.0368 e. The standard InChI is InChI=1S/C13H22N2/c1-11(2)13(15(3)10-9-14)12-7-5-4-6-8-12/h4-8,11,13H,9-10,14H2,1-3H3. The zero-order valence-electron chi connectivity index (χ0n) is 9.98. The van der Waals surface area contributed by atoms with E-state index in [9.17, 15) is 0 Å². The fourth-order valence-corrected chi connectivity index (χ4v) is 2.14. The minimum absolute atomic E-state index is 0.467. The van der Waals surface area contributed by atoms with Crippen LogP contribution in [0.5, 0.6) is 0 Å². The highest BCUT2D eigenvalue weighted by molar-refractivity contribution is 5.19. The Morgan fingerprint density at radius 1 is 1.20 bits per heavy atom. The summed E-state index contributed by atoms with van der Waals surface area (Å²) in [5.74, 6) is 0.601. The molecule has 84 valence electrons. The van der Waals surface area contributed by atoms with Gasteiger partial charge in [0.25, 0.3) is 0 Å². The Labute approximate surface area is 93.1 Å². The zero-order chi connectivity index (χ0) is 11.3. The average Bonchev–Trinajstić information content (AvgIpc) is 2.19. The first kappa shape index (κ1) is 12.2. The summed E-state index contributed by atoms with van der Waals surface area (Å²) in [4.78, 5) is 2.33. The van der Waals surface area contributed by atoms with Crippen molar-refractivity contribution in [3.63, 3.8) is 0 Å². The molecule has 1 unspecified atom stereocenters. The molecule has 2 N–H and O–H groups in total. The Morgan fingerprint density at radius 3 is 2.27 bits per heavy atom. The van der Waals surface area contributed by atoms with Crippen molar-refractivity contribution in [3.8, 4) is 0 Å². The highest BCUT2D eigenvalue weighted by atomic mass is 15.1. The molecule has 0 fully saturated rings. The lowest BCUT2D eigenvalue weighted by molar-refractivity contribution is 0.199. The number of hydrogen-bond acceptors (Lipinski definition) is 2. The Morgan fingerprint density at radius 2 is 1.80 bits per heavy atom. The van der Waals surface area contributed by atoms with Crippen LogP contribution in [0.3, 0.4) is 0 Å². The maximum absolute atomic E-state index is 5.60. The molecule has 0 aliphatic carbocycles. The summed E-state index contributed by atoms with van der Waals surface area (Å²) in [5.41, 5.74) is 6.98. The topological polar surface area (TPSA) is 29.3 Å². The highest BCUT2D eigenvalue weighted by Crippen LogP contribution is 2.26. The second kappa shape index (κ2) is 5.89. The number of likely N-dealkylation sites (N-methyl/N-ethyl adjacent to an activating group) is 1. The zero-order valence-corrected chi connectivity index (χ0v) is 9.98. The highest BCUT2D eigenvalue weighted by Gasteiger charge is 2.19. The van der Waals surface area contributed by atoms with Gasteiger partial charge in [-0.3, -0.25) is 4.90 Å². The summed E-state index contributed by atoms with van der Waals surface area (Å²) in [7, 11) is 2.14. The van der Waals surface area contributed by atoms with Crippen molar-refractivity contribution in [1.29, 1.82) is 0 Å². The summed E-state index contributed by atoms with van der Waals surface area (Å²) < 4.78 is 0. The van der Waals surface area contributed by atoms with Crippen LogP contribution in [0.15, 0.2) is 30.3 Å². The summed E-state index contributed by atoms with van der Waals surface area (Å²) in [5, 5.41) is 0. The number of nitrogens with two attached hydrogens (primary N) is 1. The van der Waals surface area contributed by atoms with E-state index in [1.807, 2.05) is 0 Å². The molecule has 1 aromatic carbocycles. The lowest BCUT2D eigenvalue weighted by Crippen LogP contribution is -2.32. The van der Waals surface area contributed by atoms with E-state index < -0.39 is 0 Å². The number of rotatable bonds is 5. The molecule has 2 heteroatoms. The van der Waals surface area contributed by atoms with Gasteiger partial charge < -0.3 is 5.73 Å². The fraction of sp³-hybridized carbons (Fsp3) is 0.538. The quantitative estimate of drug-likeness (QED) is 0.801. The molecular weight excluding hydrogens is 184 g/mol. The van der Waals surface area contributed by atoms with E-state index in [2.05, 4.69) is 56.1 Å². The Balaban J connectivity index is 2.83. The largest absolute Gasteiger partial charge is 0.329 e. The molecule has 0 aromatic heterocycles. The van der Waals surface area contributed by atoms with Gasteiger partial charge in [-0.1, -0.05) is 44.2 Å². The molecule has 1 atom stereocenters. The Hall–Kier alpha value is -0.860. The van der Waals surface area contributed by atoms with Gasteiger partial charge in [0.15, 0.2) is 0 Å². The SMILES string of the molecule is CC(C)C(c1ccccc1)N(C)CCN. The second-order valence-corrected chi connectivity index (χ2v) is 4.37. The van der Waals surface area contributed by atoms with Gasteiger partial charge in [0, 0.05) is 19.1 Å². The molecular formula is C13H22N2. The van der Waals surface area contributed by atoms with Gasteiger partial charge in [-0.2, -0.15) is 0 Å². The lowest BCUT2D eigenvalue weighted by Gasteiger charge is -2.31. The van der Waals surface area contributed by atoms with Crippen molar-refractivity contribution in [2.45, 2.75) is 19.9 Å². The van der Waals surface area contributed by atoms with Crippen LogP contribution in [0.2, 0.25) is 0 Å². The molecule has 0 saturated heterocycles. The third kappa shape index (κ3) is 3.33. The van der Waals surface area contributed by atoms with Crippen LogP contribution in [-0.4, -0.2) is 25.0 Å². The van der Waals surface area contributed by atoms with E-state index in [-0.39, 0.29) is 0 Å². The van der Waals surface area contributed by atoms with E-state index >= 15 is 0 Å². The molecule has 0 radical (unpaired) electrons. The monoisotopic (exact) mass is 206 g/mol. The molecule has 15 heavy (non-hydrogen) atoms. The maximum atomic E-state index is 5.60. The van der Waals surface area contributed by atoms with Crippen molar-refractivity contribution < 1.29 is 0 Å². The molecule has 0 aliphatic rings. The van der Waals surface area contributed by atoms with E-state index in [4.69, 9.17) is 5.73 Å². The predicted octanol–water partition coefficient (Wildman–Crippen LogP) is 2.27. The van der Waals surface area contributed by atoms with E-state index in [1.54, 1.807) is 0 Å². The van der Waals surface area contributed by atoms with Gasteiger partial charge in [-0.25, -0.2) is 0 Å². The van der Waals surface area contributed by atoms with Crippen LogP contribution in [0.4, 0.5) is 0 Å². The molecule has 0 spiro atoms. The third-order valence-electron chi connectivity index (χ3n) is 2.73. The van der Waals surface area contributed by atoms with Crippen LogP contribution in [-0.2, 0) is 0 Å². The average molecular weight is 206 g/mol. The molecule has 0 aliphatic heterocycles. The van der Waals surface area contributed by atoms with Crippen molar-refractivity contribution in [3.05, 3.63) is 35.9 Å². The number of nitrogens with zero attached hydrogens (tertiary/aromatic N) is 1. The molecule has 2 nitrogen and oxygen atoms in total. The normalized spacial score (nSPS) is 13.5. The first-order chi connectivity index (χ1) is 7.16. The van der Waals surface area contributed by atoms with Gasteiger partial charge in [0.2, 0.25) is 0 Å². The summed E-state index contributed by atoms with van der Waals surface area (Å²) in [6.07, 6.45) is 0. The smallest absolute Gasteiger partial charge is 0.0368 e. The van der Waals surface area contributed by atoms with Crippen molar-refractivity contribution in [1.82, 2.24) is 4.90 Å². The molecule has 1 rings (SSSR count). The van der Waals surface area contributed by atoms with Gasteiger partial charge in [0.1, 0.15) is 0 Å². The fourth-order valence-electron chi connectivity index (χ4n) is 2.14. The van der Waals surface area contributed by atoms with Gasteiger partial charge in [-0.15, -0.1) is 0 Å². The summed E-state index contributed by atoms with van der Waals surface area (Å²) >= 11 is 0. The second-order valence-electron chi connectivity index (χ2n) is 4.37. The number of benzene rings is 1. The number of hydrogen-bond donors (Lipinski definition) is 1. The summed E-state index contributed by atoms with van der Waals surface area (Å²) in [6, 6.07) is 11.1. The summed E-state index contributed by atoms with van der Waals surface area (Å²) in [6.45, 7) is 6.17. The lowest BCUT2D eigenvalue weighted by atomic mass is 9.95. The van der Waals surface area contributed by atoms with Crippen LogP contribution >= 0.6 is 0 Å². The van der Waals surface area contributed by atoms with Crippen LogP contribution in [0.25, 0.3) is 0 Å². The molecule has 0 heterocycles. The first-order valence-corrected chi connectivity index (χ1v) is 5.62. The van der Waals surface area contributed by atoms with Crippen LogP contribution in [0, 0.1) is 5.92 Å². The van der Waals surface area contributed by atoms with Crippen molar-refractivity contribution in [2.75, 3.05) is 20.1 Å². The van der Waals surface area contributed by atoms with E-state index in [0.29, 0.717) is 18.5 Å². The van der Waals surface area contributed by atoms with Crippen molar-refractivity contribution >= 4 is 0 Å². The predicted molar refractivity (Wildman–Crippen MR) is 65.7 cm³/mol. The van der Waals surface area contributed by atoms with Gasteiger partial charge in [-0.05, 0) is 18.5 Å². The Bertz CT molecular complexity index is 269. The first-order valence-electron chi connectivity index (χ1n) is 5.62. The molecule has 0 bridgehead atoms. The van der Waals surface area contributed by atoms with Gasteiger partial charge in [0.05, 0.1) is 0 Å². The van der Waals surface area contributed by atoms with Crippen molar-refractivity contribution in [2.24, 2.45) is 11.7 Å². The van der Waals surface area contributed by atoms with E-state index in [1.165, 1.54) is 5.56 Å². The minimum Gasteiger partial charge on any atom is -0.329 e. The Kier molecular flexibility index (Phi) is 4.79. The minimum atomic E-state index is 0.467. The molecule has 0 amide bonds. The third-order valence-corrected chi connectivity index (χ3v) is 2.73. The molecule has 0 saturated carbocycles.